The number of benzene rings is 1. The monoisotopic (exact) mass is 221 g/mol. The summed E-state index contributed by atoms with van der Waals surface area (Å²) in [4.78, 5) is 0. The smallest absolute Gasteiger partial charge is 0.124 e. The molecule has 0 aliphatic carbocycles. The van der Waals surface area contributed by atoms with E-state index in [-0.39, 0.29) is 6.04 Å². The van der Waals surface area contributed by atoms with Crippen molar-refractivity contribution in [1.82, 2.24) is 0 Å². The summed E-state index contributed by atoms with van der Waals surface area (Å²) in [5, 5.41) is 0. The first-order valence-corrected chi connectivity index (χ1v) is 6.12. The SMILES string of the molecule is CC[C@@H](N)c1ccccc1OCCC(C)C. The summed E-state index contributed by atoms with van der Waals surface area (Å²) in [6.07, 6.45) is 2.01. The van der Waals surface area contributed by atoms with Crippen LogP contribution in [-0.4, -0.2) is 6.61 Å². The summed E-state index contributed by atoms with van der Waals surface area (Å²) in [5.41, 5.74) is 7.17. The number of hydrogen-bond donors (Lipinski definition) is 1. The van der Waals surface area contributed by atoms with E-state index in [1.807, 2.05) is 18.2 Å². The Balaban J connectivity index is 2.64. The fourth-order valence-electron chi connectivity index (χ4n) is 1.54. The van der Waals surface area contributed by atoms with Gasteiger partial charge in [0.25, 0.3) is 0 Å². The van der Waals surface area contributed by atoms with Gasteiger partial charge in [-0.3, -0.25) is 0 Å². The van der Waals surface area contributed by atoms with Crippen molar-refractivity contribution < 1.29 is 4.74 Å². The van der Waals surface area contributed by atoms with Gasteiger partial charge in [-0.2, -0.15) is 0 Å². The Morgan fingerprint density at radius 2 is 1.94 bits per heavy atom. The maximum absolute atomic E-state index is 6.05. The minimum Gasteiger partial charge on any atom is -0.493 e. The molecule has 2 N–H and O–H groups in total. The molecule has 0 aliphatic rings. The Labute approximate surface area is 98.8 Å². The maximum Gasteiger partial charge on any atom is 0.124 e. The lowest BCUT2D eigenvalue weighted by atomic mass is 10.0. The van der Waals surface area contributed by atoms with Crippen molar-refractivity contribution in [2.45, 2.75) is 39.7 Å². The van der Waals surface area contributed by atoms with Gasteiger partial charge in [0, 0.05) is 11.6 Å². The molecule has 0 heterocycles. The van der Waals surface area contributed by atoms with Gasteiger partial charge in [-0.05, 0) is 24.8 Å². The van der Waals surface area contributed by atoms with Crippen LogP contribution >= 0.6 is 0 Å². The Morgan fingerprint density at radius 1 is 1.25 bits per heavy atom. The van der Waals surface area contributed by atoms with Crippen molar-refractivity contribution >= 4 is 0 Å². The van der Waals surface area contributed by atoms with Crippen LogP contribution in [0.1, 0.15) is 45.2 Å². The molecule has 0 fully saturated rings. The third-order valence-corrected chi connectivity index (χ3v) is 2.71. The topological polar surface area (TPSA) is 35.2 Å². The molecule has 0 saturated heterocycles. The summed E-state index contributed by atoms with van der Waals surface area (Å²) in [5.74, 6) is 1.62. The molecule has 1 aromatic rings. The van der Waals surface area contributed by atoms with Crippen LogP contribution in [0, 0.1) is 5.92 Å². The van der Waals surface area contributed by atoms with Crippen molar-refractivity contribution in [2.75, 3.05) is 6.61 Å². The van der Waals surface area contributed by atoms with Crippen molar-refractivity contribution in [3.63, 3.8) is 0 Å². The fraction of sp³-hybridized carbons (Fsp3) is 0.571. The lowest BCUT2D eigenvalue weighted by Gasteiger charge is -2.16. The zero-order valence-electron chi connectivity index (χ0n) is 10.6. The summed E-state index contributed by atoms with van der Waals surface area (Å²) in [6, 6.07) is 8.15. The highest BCUT2D eigenvalue weighted by atomic mass is 16.5. The Morgan fingerprint density at radius 3 is 2.56 bits per heavy atom. The Kier molecular flexibility index (Phi) is 5.33. The number of nitrogens with two attached hydrogens (primary N) is 1. The molecule has 16 heavy (non-hydrogen) atoms. The average molecular weight is 221 g/mol. The molecule has 1 atom stereocenters. The van der Waals surface area contributed by atoms with Gasteiger partial charge in [0.05, 0.1) is 6.61 Å². The quantitative estimate of drug-likeness (QED) is 0.797. The highest BCUT2D eigenvalue weighted by Gasteiger charge is 2.09. The molecule has 0 saturated carbocycles. The van der Waals surface area contributed by atoms with Crippen LogP contribution in [0.4, 0.5) is 0 Å². The van der Waals surface area contributed by atoms with E-state index in [2.05, 4.69) is 26.8 Å². The van der Waals surface area contributed by atoms with E-state index in [1.165, 1.54) is 0 Å². The van der Waals surface area contributed by atoms with Gasteiger partial charge >= 0.3 is 0 Å². The van der Waals surface area contributed by atoms with Crippen LogP contribution in [0.2, 0.25) is 0 Å². The first-order valence-electron chi connectivity index (χ1n) is 6.12. The van der Waals surface area contributed by atoms with Crippen molar-refractivity contribution in [3.8, 4) is 5.75 Å². The van der Waals surface area contributed by atoms with E-state index in [4.69, 9.17) is 10.5 Å². The second kappa shape index (κ2) is 6.54. The first kappa shape index (κ1) is 13.0. The Bertz CT molecular complexity index is 309. The lowest BCUT2D eigenvalue weighted by molar-refractivity contribution is 0.285. The van der Waals surface area contributed by atoms with Crippen LogP contribution in [0.5, 0.6) is 5.75 Å². The molecule has 2 heteroatoms. The minimum atomic E-state index is 0.0789. The zero-order chi connectivity index (χ0) is 12.0. The predicted octanol–water partition coefficient (Wildman–Crippen LogP) is 3.52. The van der Waals surface area contributed by atoms with E-state index in [0.29, 0.717) is 5.92 Å². The first-order chi connectivity index (χ1) is 7.65. The predicted molar refractivity (Wildman–Crippen MR) is 68.6 cm³/mol. The zero-order valence-corrected chi connectivity index (χ0v) is 10.6. The maximum atomic E-state index is 6.05. The van der Waals surface area contributed by atoms with Crippen LogP contribution in [0.25, 0.3) is 0 Å². The number of para-hydroxylation sites is 1. The molecule has 0 aromatic heterocycles. The standard InChI is InChI=1S/C14H23NO/c1-4-13(15)12-7-5-6-8-14(12)16-10-9-11(2)3/h5-8,11,13H,4,9-10,15H2,1-3H3/t13-/m1/s1. The van der Waals surface area contributed by atoms with Crippen molar-refractivity contribution in [3.05, 3.63) is 29.8 Å². The van der Waals surface area contributed by atoms with Gasteiger partial charge in [0.1, 0.15) is 5.75 Å². The lowest BCUT2D eigenvalue weighted by Crippen LogP contribution is -2.11. The van der Waals surface area contributed by atoms with Gasteiger partial charge in [0.15, 0.2) is 0 Å². The van der Waals surface area contributed by atoms with Crippen molar-refractivity contribution in [2.24, 2.45) is 11.7 Å². The molecule has 0 bridgehead atoms. The molecule has 0 radical (unpaired) electrons. The van der Waals surface area contributed by atoms with E-state index >= 15 is 0 Å². The summed E-state index contributed by atoms with van der Waals surface area (Å²) < 4.78 is 5.79. The van der Waals surface area contributed by atoms with Crippen molar-refractivity contribution in [1.29, 1.82) is 0 Å². The van der Waals surface area contributed by atoms with Crippen LogP contribution in [0.3, 0.4) is 0 Å². The molecule has 2 nitrogen and oxygen atoms in total. The van der Waals surface area contributed by atoms with E-state index < -0.39 is 0 Å². The van der Waals surface area contributed by atoms with Crippen LogP contribution in [-0.2, 0) is 0 Å². The molecule has 0 unspecified atom stereocenters. The molecule has 90 valence electrons. The third kappa shape index (κ3) is 3.86. The molecule has 1 aromatic carbocycles. The van der Waals surface area contributed by atoms with Gasteiger partial charge in [-0.15, -0.1) is 0 Å². The number of ether oxygens (including phenoxy) is 1. The minimum absolute atomic E-state index is 0.0789. The molecule has 1 rings (SSSR count). The van der Waals surface area contributed by atoms with Gasteiger partial charge in [-0.1, -0.05) is 39.0 Å². The van der Waals surface area contributed by atoms with Gasteiger partial charge < -0.3 is 10.5 Å². The summed E-state index contributed by atoms with van der Waals surface area (Å²) >= 11 is 0. The van der Waals surface area contributed by atoms with Gasteiger partial charge in [-0.25, -0.2) is 0 Å². The summed E-state index contributed by atoms with van der Waals surface area (Å²) in [7, 11) is 0. The molecular weight excluding hydrogens is 198 g/mol. The van der Waals surface area contributed by atoms with Crippen LogP contribution < -0.4 is 10.5 Å². The van der Waals surface area contributed by atoms with E-state index in [1.54, 1.807) is 0 Å². The molecule has 0 amide bonds. The normalized spacial score (nSPS) is 12.8. The van der Waals surface area contributed by atoms with E-state index in [0.717, 1.165) is 30.8 Å². The highest BCUT2D eigenvalue weighted by molar-refractivity contribution is 5.35. The molecular formula is C14H23NO. The second-order valence-electron chi connectivity index (χ2n) is 4.58. The highest BCUT2D eigenvalue weighted by Crippen LogP contribution is 2.25. The molecule has 0 aliphatic heterocycles. The number of rotatable bonds is 6. The van der Waals surface area contributed by atoms with Crippen LogP contribution in [0.15, 0.2) is 24.3 Å². The largest absolute Gasteiger partial charge is 0.493 e. The third-order valence-electron chi connectivity index (χ3n) is 2.71. The molecule has 0 spiro atoms. The fourth-order valence-corrected chi connectivity index (χ4v) is 1.54. The second-order valence-corrected chi connectivity index (χ2v) is 4.58. The average Bonchev–Trinajstić information content (AvgIpc) is 2.28. The van der Waals surface area contributed by atoms with E-state index in [9.17, 15) is 0 Å². The Hall–Kier alpha value is -1.02. The number of hydrogen-bond acceptors (Lipinski definition) is 2. The van der Waals surface area contributed by atoms with Gasteiger partial charge in [0.2, 0.25) is 0 Å². The summed E-state index contributed by atoms with van der Waals surface area (Å²) in [6.45, 7) is 7.26.